The molecule has 1 heterocycles. The molecule has 1 aromatic heterocycles. The highest BCUT2D eigenvalue weighted by molar-refractivity contribution is 5.75. The fourth-order valence-electron chi connectivity index (χ4n) is 1.50. The van der Waals surface area contributed by atoms with Gasteiger partial charge in [0.25, 0.3) is 0 Å². The number of benzene rings is 1. The zero-order valence-corrected chi connectivity index (χ0v) is 9.11. The Morgan fingerprint density at radius 1 is 1.11 bits per heavy atom. The van der Waals surface area contributed by atoms with Crippen LogP contribution in [0.5, 0.6) is 0 Å². The number of carbonyl (C=O) groups excluding carboxylic acids is 1. The number of rotatable bonds is 2. The van der Waals surface area contributed by atoms with E-state index < -0.39 is 11.7 Å². The predicted octanol–water partition coefficient (Wildman–Crippen LogP) is 3.58. The molecule has 0 atom stereocenters. The standard InChI is InChI=1S/C13H8F3NO/c14-13(15,16)11-3-1-2-10(6-11)12-5-4-9(8-18)7-17-12/h1-8H. The Labute approximate surface area is 101 Å². The van der Waals surface area contributed by atoms with Crippen molar-refractivity contribution >= 4 is 6.29 Å². The number of hydrogen-bond acceptors (Lipinski definition) is 2. The summed E-state index contributed by atoms with van der Waals surface area (Å²) in [5.74, 6) is 0. The molecule has 0 aliphatic heterocycles. The Morgan fingerprint density at radius 3 is 2.44 bits per heavy atom. The van der Waals surface area contributed by atoms with Crippen LogP contribution in [-0.2, 0) is 6.18 Å². The molecular weight excluding hydrogens is 243 g/mol. The third-order valence-corrected chi connectivity index (χ3v) is 2.41. The average Bonchev–Trinajstić information content (AvgIpc) is 2.38. The Morgan fingerprint density at radius 2 is 1.89 bits per heavy atom. The highest BCUT2D eigenvalue weighted by Crippen LogP contribution is 2.31. The zero-order valence-electron chi connectivity index (χ0n) is 9.11. The second kappa shape index (κ2) is 4.60. The molecule has 0 saturated carbocycles. The van der Waals surface area contributed by atoms with E-state index in [2.05, 4.69) is 4.98 Å². The van der Waals surface area contributed by atoms with Gasteiger partial charge < -0.3 is 0 Å². The second-order valence-electron chi connectivity index (χ2n) is 3.67. The van der Waals surface area contributed by atoms with Gasteiger partial charge in [-0.05, 0) is 24.3 Å². The number of carbonyl (C=O) groups is 1. The molecule has 2 rings (SSSR count). The summed E-state index contributed by atoms with van der Waals surface area (Å²) in [6, 6.07) is 7.92. The normalized spacial score (nSPS) is 11.3. The van der Waals surface area contributed by atoms with E-state index in [-0.39, 0.29) is 0 Å². The van der Waals surface area contributed by atoms with Crippen LogP contribution in [0.15, 0.2) is 42.6 Å². The van der Waals surface area contributed by atoms with Crippen molar-refractivity contribution in [3.05, 3.63) is 53.7 Å². The topological polar surface area (TPSA) is 30.0 Å². The summed E-state index contributed by atoms with van der Waals surface area (Å²) < 4.78 is 37.6. The van der Waals surface area contributed by atoms with Gasteiger partial charge >= 0.3 is 6.18 Å². The van der Waals surface area contributed by atoms with Crippen LogP contribution in [0.4, 0.5) is 13.2 Å². The Balaban J connectivity index is 2.41. The van der Waals surface area contributed by atoms with E-state index in [0.29, 0.717) is 23.1 Å². The SMILES string of the molecule is O=Cc1ccc(-c2cccc(C(F)(F)F)c2)nc1. The summed E-state index contributed by atoms with van der Waals surface area (Å²) in [4.78, 5) is 14.4. The molecule has 2 aromatic rings. The summed E-state index contributed by atoms with van der Waals surface area (Å²) in [6.07, 6.45) is -2.43. The van der Waals surface area contributed by atoms with Crippen molar-refractivity contribution in [1.29, 1.82) is 0 Å². The summed E-state index contributed by atoms with van der Waals surface area (Å²) in [7, 11) is 0. The van der Waals surface area contributed by atoms with Crippen LogP contribution < -0.4 is 0 Å². The number of aromatic nitrogens is 1. The molecule has 0 N–H and O–H groups in total. The third-order valence-electron chi connectivity index (χ3n) is 2.41. The molecule has 92 valence electrons. The van der Waals surface area contributed by atoms with Gasteiger partial charge in [0.1, 0.15) is 0 Å². The van der Waals surface area contributed by atoms with Gasteiger partial charge in [0, 0.05) is 17.3 Å². The van der Waals surface area contributed by atoms with Gasteiger partial charge in [0.15, 0.2) is 6.29 Å². The fraction of sp³-hybridized carbons (Fsp3) is 0.0769. The lowest BCUT2D eigenvalue weighted by atomic mass is 10.1. The van der Waals surface area contributed by atoms with Gasteiger partial charge in [-0.3, -0.25) is 9.78 Å². The fourth-order valence-corrected chi connectivity index (χ4v) is 1.50. The number of halogens is 3. The number of aldehydes is 1. The minimum atomic E-state index is -4.38. The quantitative estimate of drug-likeness (QED) is 0.763. The summed E-state index contributed by atoms with van der Waals surface area (Å²) in [6.45, 7) is 0. The van der Waals surface area contributed by atoms with Gasteiger partial charge in [-0.1, -0.05) is 12.1 Å². The van der Waals surface area contributed by atoms with E-state index in [4.69, 9.17) is 0 Å². The number of hydrogen-bond donors (Lipinski definition) is 0. The van der Waals surface area contributed by atoms with E-state index in [0.717, 1.165) is 12.1 Å². The van der Waals surface area contributed by atoms with Crippen molar-refractivity contribution in [2.75, 3.05) is 0 Å². The van der Waals surface area contributed by atoms with Gasteiger partial charge in [0.2, 0.25) is 0 Å². The first kappa shape index (κ1) is 12.3. The maximum atomic E-state index is 12.5. The zero-order chi connectivity index (χ0) is 13.2. The van der Waals surface area contributed by atoms with Crippen molar-refractivity contribution in [2.45, 2.75) is 6.18 Å². The molecule has 18 heavy (non-hydrogen) atoms. The minimum Gasteiger partial charge on any atom is -0.298 e. The van der Waals surface area contributed by atoms with Gasteiger partial charge in [-0.15, -0.1) is 0 Å². The molecule has 1 aromatic carbocycles. The van der Waals surface area contributed by atoms with Crippen LogP contribution in [0.2, 0.25) is 0 Å². The van der Waals surface area contributed by atoms with Crippen molar-refractivity contribution in [3.8, 4) is 11.3 Å². The molecule has 0 aliphatic carbocycles. The first-order chi connectivity index (χ1) is 8.50. The highest BCUT2D eigenvalue weighted by atomic mass is 19.4. The van der Waals surface area contributed by atoms with Crippen molar-refractivity contribution in [3.63, 3.8) is 0 Å². The lowest BCUT2D eigenvalue weighted by Crippen LogP contribution is -2.04. The molecule has 0 saturated heterocycles. The summed E-state index contributed by atoms with van der Waals surface area (Å²) in [5.41, 5.74) is 0.418. The number of alkyl halides is 3. The molecule has 0 fully saturated rings. The van der Waals surface area contributed by atoms with Crippen LogP contribution >= 0.6 is 0 Å². The molecule has 0 radical (unpaired) electrons. The first-order valence-corrected chi connectivity index (χ1v) is 5.09. The highest BCUT2D eigenvalue weighted by Gasteiger charge is 2.30. The van der Waals surface area contributed by atoms with Crippen LogP contribution in [-0.4, -0.2) is 11.3 Å². The largest absolute Gasteiger partial charge is 0.416 e. The maximum Gasteiger partial charge on any atom is 0.416 e. The number of nitrogens with zero attached hydrogens (tertiary/aromatic N) is 1. The van der Waals surface area contributed by atoms with Gasteiger partial charge in [-0.25, -0.2) is 0 Å². The maximum absolute atomic E-state index is 12.5. The van der Waals surface area contributed by atoms with Crippen molar-refractivity contribution in [2.24, 2.45) is 0 Å². The minimum absolute atomic E-state index is 0.363. The molecule has 0 bridgehead atoms. The molecule has 0 spiro atoms. The molecular formula is C13H8F3NO. The van der Waals surface area contributed by atoms with Crippen LogP contribution in [0.25, 0.3) is 11.3 Å². The van der Waals surface area contributed by atoms with E-state index in [1.165, 1.54) is 30.5 Å². The molecule has 0 amide bonds. The second-order valence-corrected chi connectivity index (χ2v) is 3.67. The van der Waals surface area contributed by atoms with E-state index >= 15 is 0 Å². The van der Waals surface area contributed by atoms with E-state index in [1.807, 2.05) is 0 Å². The number of pyridine rings is 1. The van der Waals surface area contributed by atoms with Crippen molar-refractivity contribution < 1.29 is 18.0 Å². The van der Waals surface area contributed by atoms with Gasteiger partial charge in [-0.2, -0.15) is 13.2 Å². The Kier molecular flexibility index (Phi) is 3.14. The molecule has 0 unspecified atom stereocenters. The molecule has 2 nitrogen and oxygen atoms in total. The predicted molar refractivity (Wildman–Crippen MR) is 60.1 cm³/mol. The summed E-state index contributed by atoms with van der Waals surface area (Å²) in [5, 5.41) is 0. The van der Waals surface area contributed by atoms with E-state index in [9.17, 15) is 18.0 Å². The van der Waals surface area contributed by atoms with E-state index in [1.54, 1.807) is 0 Å². The average molecular weight is 251 g/mol. The third kappa shape index (κ3) is 2.56. The molecule has 5 heteroatoms. The van der Waals surface area contributed by atoms with Crippen LogP contribution in [0.3, 0.4) is 0 Å². The van der Waals surface area contributed by atoms with Crippen LogP contribution in [0.1, 0.15) is 15.9 Å². The summed E-state index contributed by atoms with van der Waals surface area (Å²) >= 11 is 0. The lowest BCUT2D eigenvalue weighted by molar-refractivity contribution is -0.137. The van der Waals surface area contributed by atoms with Gasteiger partial charge in [0.05, 0.1) is 11.3 Å². The Bertz CT molecular complexity index is 561. The Hall–Kier alpha value is -2.17. The first-order valence-electron chi connectivity index (χ1n) is 5.09. The lowest BCUT2D eigenvalue weighted by Gasteiger charge is -2.08. The smallest absolute Gasteiger partial charge is 0.298 e. The van der Waals surface area contributed by atoms with Crippen molar-refractivity contribution in [1.82, 2.24) is 4.98 Å². The van der Waals surface area contributed by atoms with Crippen LogP contribution in [0, 0.1) is 0 Å². The molecule has 0 aliphatic rings. The monoisotopic (exact) mass is 251 g/mol.